The maximum absolute atomic E-state index is 12.2. The fraction of sp³-hybridized carbons (Fsp3) is 0.111. The van der Waals surface area contributed by atoms with Crippen molar-refractivity contribution in [3.05, 3.63) is 70.2 Å². The Bertz CT molecular complexity index is 788. The molecular weight excluding hydrogens is 372 g/mol. The van der Waals surface area contributed by atoms with Crippen LogP contribution in [0.2, 0.25) is 0 Å². The number of halogens is 1. The lowest BCUT2D eigenvalue weighted by molar-refractivity contribution is 0.0952. The topological polar surface area (TPSA) is 70.9 Å². The average Bonchev–Trinajstić information content (AvgIpc) is 2.58. The molecule has 0 unspecified atom stereocenters. The lowest BCUT2D eigenvalue weighted by atomic mass is 10.1. The van der Waals surface area contributed by atoms with Crippen LogP contribution in [0.25, 0.3) is 0 Å². The summed E-state index contributed by atoms with van der Waals surface area (Å²) in [6.45, 7) is 3.65. The van der Waals surface area contributed by atoms with Crippen LogP contribution in [-0.2, 0) is 6.42 Å². The lowest BCUT2D eigenvalue weighted by Crippen LogP contribution is -2.18. The molecule has 0 saturated carbocycles. The minimum atomic E-state index is -0.411. The molecule has 2 rings (SSSR count). The Morgan fingerprint density at radius 3 is 2.92 bits per heavy atom. The maximum atomic E-state index is 12.2. The van der Waals surface area contributed by atoms with E-state index >= 15 is 0 Å². The van der Waals surface area contributed by atoms with Crippen molar-refractivity contribution < 1.29 is 14.6 Å². The van der Waals surface area contributed by atoms with Gasteiger partial charge in [0.15, 0.2) is 0 Å². The van der Waals surface area contributed by atoms with Gasteiger partial charge in [-0.3, -0.25) is 4.79 Å². The Hall–Kier alpha value is -2.60. The molecule has 0 heterocycles. The number of carbonyl (C=O) groups excluding carboxylic acids is 1. The number of carbonyl (C=O) groups is 1. The molecule has 0 saturated heterocycles. The number of amides is 1. The smallest absolute Gasteiger partial charge is 0.275 e. The molecular formula is C18H17BrN2O3. The van der Waals surface area contributed by atoms with Crippen molar-refractivity contribution in [2.24, 2.45) is 5.10 Å². The maximum Gasteiger partial charge on any atom is 0.275 e. The highest BCUT2D eigenvalue weighted by atomic mass is 79.9. The van der Waals surface area contributed by atoms with Crippen LogP contribution in [-0.4, -0.2) is 24.3 Å². The summed E-state index contributed by atoms with van der Waals surface area (Å²) in [6.07, 6.45) is 3.65. The van der Waals surface area contributed by atoms with Gasteiger partial charge < -0.3 is 9.84 Å². The van der Waals surface area contributed by atoms with Gasteiger partial charge in [0.1, 0.15) is 11.5 Å². The quantitative estimate of drug-likeness (QED) is 0.450. The van der Waals surface area contributed by atoms with Crippen LogP contribution in [0.15, 0.2) is 58.6 Å². The molecule has 0 aromatic heterocycles. The van der Waals surface area contributed by atoms with Crippen LogP contribution in [0.4, 0.5) is 0 Å². The number of para-hydroxylation sites is 1. The Balaban J connectivity index is 2.15. The number of nitrogens with one attached hydrogen (secondary N) is 1. The van der Waals surface area contributed by atoms with E-state index in [0.29, 0.717) is 23.3 Å². The Morgan fingerprint density at radius 1 is 1.42 bits per heavy atom. The monoisotopic (exact) mass is 388 g/mol. The average molecular weight is 389 g/mol. The SMILES string of the molecule is C=CCc1cccc(C=NNC(=O)c2cc(Br)ccc2OC)c1O. The number of rotatable bonds is 6. The van der Waals surface area contributed by atoms with Crippen LogP contribution in [0, 0.1) is 0 Å². The third kappa shape index (κ3) is 4.23. The van der Waals surface area contributed by atoms with Crippen LogP contribution in [0.3, 0.4) is 0 Å². The summed E-state index contributed by atoms with van der Waals surface area (Å²) in [7, 11) is 1.49. The second-order valence-corrected chi connectivity index (χ2v) is 5.81. The number of aromatic hydroxyl groups is 1. The van der Waals surface area contributed by atoms with Gasteiger partial charge in [-0.1, -0.05) is 34.1 Å². The highest BCUT2D eigenvalue weighted by Crippen LogP contribution is 2.23. The standard InChI is InChI=1S/C18H17BrN2O3/c1-3-5-12-6-4-7-13(17(12)22)11-20-21-18(23)15-10-14(19)8-9-16(15)24-2/h3-4,6-11,22H,1,5H2,2H3,(H,21,23). The molecule has 0 radical (unpaired) electrons. The molecule has 6 heteroatoms. The summed E-state index contributed by atoms with van der Waals surface area (Å²) in [4.78, 5) is 12.2. The fourth-order valence-electron chi connectivity index (χ4n) is 2.11. The van der Waals surface area contributed by atoms with Gasteiger partial charge in [0, 0.05) is 10.0 Å². The van der Waals surface area contributed by atoms with E-state index in [0.717, 1.165) is 10.0 Å². The van der Waals surface area contributed by atoms with E-state index in [1.54, 1.807) is 42.5 Å². The van der Waals surface area contributed by atoms with Crippen LogP contribution >= 0.6 is 15.9 Å². The zero-order valence-electron chi connectivity index (χ0n) is 13.1. The van der Waals surface area contributed by atoms with Crippen molar-refractivity contribution in [2.45, 2.75) is 6.42 Å². The second-order valence-electron chi connectivity index (χ2n) is 4.89. The molecule has 24 heavy (non-hydrogen) atoms. The van der Waals surface area contributed by atoms with Crippen molar-refractivity contribution in [1.82, 2.24) is 5.43 Å². The van der Waals surface area contributed by atoms with Gasteiger partial charge in [0.2, 0.25) is 0 Å². The fourth-order valence-corrected chi connectivity index (χ4v) is 2.47. The molecule has 0 bridgehead atoms. The highest BCUT2D eigenvalue weighted by Gasteiger charge is 2.12. The minimum Gasteiger partial charge on any atom is -0.507 e. The van der Waals surface area contributed by atoms with E-state index in [1.807, 2.05) is 0 Å². The van der Waals surface area contributed by atoms with E-state index in [9.17, 15) is 9.90 Å². The first-order valence-corrected chi connectivity index (χ1v) is 7.94. The highest BCUT2D eigenvalue weighted by molar-refractivity contribution is 9.10. The van der Waals surface area contributed by atoms with Crippen LogP contribution in [0.1, 0.15) is 21.5 Å². The number of methoxy groups -OCH3 is 1. The van der Waals surface area contributed by atoms with Gasteiger partial charge in [-0.2, -0.15) is 5.10 Å². The summed E-state index contributed by atoms with van der Waals surface area (Å²) >= 11 is 3.32. The predicted octanol–water partition coefficient (Wildman–Crippen LogP) is 3.66. The van der Waals surface area contributed by atoms with Gasteiger partial charge in [-0.05, 0) is 36.2 Å². The van der Waals surface area contributed by atoms with Gasteiger partial charge in [-0.15, -0.1) is 6.58 Å². The van der Waals surface area contributed by atoms with Crippen molar-refractivity contribution in [2.75, 3.05) is 7.11 Å². The predicted molar refractivity (Wildman–Crippen MR) is 97.8 cm³/mol. The molecule has 1 amide bonds. The Labute approximate surface area is 148 Å². The number of hydrogen-bond donors (Lipinski definition) is 2. The molecule has 0 aliphatic carbocycles. The molecule has 0 aliphatic rings. The van der Waals surface area contributed by atoms with Gasteiger partial charge in [-0.25, -0.2) is 5.43 Å². The van der Waals surface area contributed by atoms with Gasteiger partial charge in [0.05, 0.1) is 18.9 Å². The van der Waals surface area contributed by atoms with Crippen LogP contribution in [0.5, 0.6) is 11.5 Å². The molecule has 0 atom stereocenters. The number of phenolic OH excluding ortho intramolecular Hbond substituents is 1. The lowest BCUT2D eigenvalue weighted by Gasteiger charge is -2.07. The molecule has 124 valence electrons. The molecule has 2 aromatic carbocycles. The zero-order valence-corrected chi connectivity index (χ0v) is 14.7. The summed E-state index contributed by atoms with van der Waals surface area (Å²) in [6, 6.07) is 10.4. The van der Waals surface area contributed by atoms with E-state index in [2.05, 4.69) is 33.0 Å². The number of allylic oxidation sites excluding steroid dienone is 1. The van der Waals surface area contributed by atoms with Crippen molar-refractivity contribution in [1.29, 1.82) is 0 Å². The number of nitrogens with zero attached hydrogens (tertiary/aromatic N) is 1. The molecule has 0 aliphatic heterocycles. The third-order valence-corrected chi connectivity index (χ3v) is 3.78. The summed E-state index contributed by atoms with van der Waals surface area (Å²) in [5.74, 6) is 0.156. The molecule has 2 aromatic rings. The molecule has 2 N–H and O–H groups in total. The van der Waals surface area contributed by atoms with Gasteiger partial charge >= 0.3 is 0 Å². The zero-order chi connectivity index (χ0) is 17.5. The number of hydrazone groups is 1. The van der Waals surface area contributed by atoms with E-state index in [-0.39, 0.29) is 5.75 Å². The first-order valence-electron chi connectivity index (χ1n) is 7.15. The van der Waals surface area contributed by atoms with Crippen molar-refractivity contribution in [3.8, 4) is 11.5 Å². The first-order chi connectivity index (χ1) is 11.6. The Morgan fingerprint density at radius 2 is 2.21 bits per heavy atom. The van der Waals surface area contributed by atoms with E-state index < -0.39 is 5.91 Å². The number of benzene rings is 2. The van der Waals surface area contributed by atoms with Crippen molar-refractivity contribution in [3.63, 3.8) is 0 Å². The first kappa shape index (κ1) is 17.7. The number of phenols is 1. The van der Waals surface area contributed by atoms with E-state index in [4.69, 9.17) is 4.74 Å². The molecule has 0 fully saturated rings. The Kier molecular flexibility index (Phi) is 6.14. The minimum absolute atomic E-state index is 0.121. The van der Waals surface area contributed by atoms with E-state index in [1.165, 1.54) is 13.3 Å². The summed E-state index contributed by atoms with van der Waals surface area (Å²) in [5.41, 5.74) is 4.04. The number of hydrogen-bond acceptors (Lipinski definition) is 4. The largest absolute Gasteiger partial charge is 0.507 e. The second kappa shape index (κ2) is 8.31. The van der Waals surface area contributed by atoms with Crippen LogP contribution < -0.4 is 10.2 Å². The molecule has 5 nitrogen and oxygen atoms in total. The third-order valence-electron chi connectivity index (χ3n) is 3.29. The molecule has 0 spiro atoms. The van der Waals surface area contributed by atoms with Crippen molar-refractivity contribution >= 4 is 28.1 Å². The van der Waals surface area contributed by atoms with Gasteiger partial charge in [0.25, 0.3) is 5.91 Å². The number of ether oxygens (including phenoxy) is 1. The normalized spacial score (nSPS) is 10.6. The summed E-state index contributed by atoms with van der Waals surface area (Å²) in [5, 5.41) is 14.0. The summed E-state index contributed by atoms with van der Waals surface area (Å²) < 4.78 is 5.92.